The van der Waals surface area contributed by atoms with E-state index in [9.17, 15) is 18.0 Å². The molecule has 0 atom stereocenters. The first-order valence-corrected chi connectivity index (χ1v) is 15.9. The third kappa shape index (κ3) is 6.33. The van der Waals surface area contributed by atoms with E-state index >= 15 is 0 Å². The monoisotopic (exact) mass is 596 g/mol. The van der Waals surface area contributed by atoms with E-state index in [1.165, 1.54) is 6.07 Å². The molecule has 2 amide bonds. The molecule has 1 aliphatic heterocycles. The molecule has 0 aliphatic carbocycles. The lowest BCUT2D eigenvalue weighted by atomic mass is 10.0. The van der Waals surface area contributed by atoms with E-state index in [0.29, 0.717) is 51.4 Å². The van der Waals surface area contributed by atoms with Crippen LogP contribution >= 0.6 is 0 Å². The van der Waals surface area contributed by atoms with Crippen molar-refractivity contribution in [2.45, 2.75) is 31.4 Å². The van der Waals surface area contributed by atoms with Gasteiger partial charge in [0.2, 0.25) is 0 Å². The van der Waals surface area contributed by atoms with Gasteiger partial charge in [-0.3, -0.25) is 9.59 Å². The molecule has 0 unspecified atom stereocenters. The Morgan fingerprint density at radius 2 is 1.70 bits per heavy atom. The standard InChI is InChI=1S/C34H36N4O4S/c1-5-38(4)18-17-35-34(40)32-22(2)31(36-23(32)3)20-29-28-19-26(15-16-30(28)37-33(29)39)43(41,42)21-25-13-9-10-14-27(25)24-11-7-6-8-12-24/h6-16,19-20,36H,5,17-18,21H2,1-4H3,(H,35,40)(H,37,39). The Morgan fingerprint density at radius 1 is 0.977 bits per heavy atom. The highest BCUT2D eigenvalue weighted by molar-refractivity contribution is 7.90. The van der Waals surface area contributed by atoms with Gasteiger partial charge in [0, 0.05) is 35.7 Å². The average Bonchev–Trinajstić information content (AvgIpc) is 3.46. The second kappa shape index (κ2) is 12.4. The number of H-pyrrole nitrogens is 1. The number of hydrogen-bond acceptors (Lipinski definition) is 5. The summed E-state index contributed by atoms with van der Waals surface area (Å²) in [6.45, 7) is 7.87. The van der Waals surface area contributed by atoms with Crippen LogP contribution in [0.2, 0.25) is 0 Å². The van der Waals surface area contributed by atoms with E-state index in [1.54, 1.807) is 18.2 Å². The number of aromatic amines is 1. The van der Waals surface area contributed by atoms with E-state index in [4.69, 9.17) is 0 Å². The number of nitrogens with one attached hydrogen (secondary N) is 3. The van der Waals surface area contributed by atoms with Crippen LogP contribution in [0.15, 0.2) is 77.7 Å². The zero-order valence-electron chi connectivity index (χ0n) is 24.8. The highest BCUT2D eigenvalue weighted by atomic mass is 32.2. The van der Waals surface area contributed by atoms with Gasteiger partial charge in [0.25, 0.3) is 11.8 Å². The first-order chi connectivity index (χ1) is 20.6. The van der Waals surface area contributed by atoms with Gasteiger partial charge in [0.05, 0.1) is 21.8 Å². The minimum Gasteiger partial charge on any atom is -0.358 e. The van der Waals surface area contributed by atoms with Gasteiger partial charge in [-0.05, 0) is 74.0 Å². The van der Waals surface area contributed by atoms with Crippen molar-refractivity contribution < 1.29 is 18.0 Å². The topological polar surface area (TPSA) is 111 Å². The summed E-state index contributed by atoms with van der Waals surface area (Å²) < 4.78 is 27.4. The Morgan fingerprint density at radius 3 is 2.44 bits per heavy atom. The molecule has 9 heteroatoms. The molecule has 2 heterocycles. The first kappa shape index (κ1) is 30.0. The summed E-state index contributed by atoms with van der Waals surface area (Å²) in [5.41, 5.74) is 6.45. The van der Waals surface area contributed by atoms with Crippen molar-refractivity contribution in [1.82, 2.24) is 15.2 Å². The van der Waals surface area contributed by atoms with Crippen molar-refractivity contribution in [3.8, 4) is 11.1 Å². The Hall–Kier alpha value is -4.47. The van der Waals surface area contributed by atoms with E-state index in [1.807, 2.05) is 75.5 Å². The maximum Gasteiger partial charge on any atom is 0.256 e. The number of anilines is 1. The molecule has 222 valence electrons. The number of benzene rings is 3. The second-order valence-electron chi connectivity index (χ2n) is 10.8. The number of amides is 2. The molecule has 3 N–H and O–H groups in total. The molecule has 0 saturated heterocycles. The number of carbonyl (C=O) groups excluding carboxylic acids is 2. The van der Waals surface area contributed by atoms with Crippen LogP contribution in [-0.4, -0.2) is 56.8 Å². The van der Waals surface area contributed by atoms with Gasteiger partial charge in [-0.25, -0.2) is 8.42 Å². The van der Waals surface area contributed by atoms with Gasteiger partial charge in [0.15, 0.2) is 9.84 Å². The maximum absolute atomic E-state index is 13.7. The van der Waals surface area contributed by atoms with Crippen LogP contribution in [0.25, 0.3) is 22.8 Å². The predicted molar refractivity (Wildman–Crippen MR) is 171 cm³/mol. The third-order valence-electron chi connectivity index (χ3n) is 7.89. The van der Waals surface area contributed by atoms with Gasteiger partial charge in [-0.15, -0.1) is 0 Å². The summed E-state index contributed by atoms with van der Waals surface area (Å²) in [7, 11) is -1.75. The second-order valence-corrected chi connectivity index (χ2v) is 12.8. The summed E-state index contributed by atoms with van der Waals surface area (Å²) in [5.74, 6) is -0.696. The van der Waals surface area contributed by atoms with Crippen LogP contribution < -0.4 is 10.6 Å². The van der Waals surface area contributed by atoms with Crippen LogP contribution in [-0.2, 0) is 20.4 Å². The fourth-order valence-electron chi connectivity index (χ4n) is 5.35. The normalized spacial score (nSPS) is 13.8. The smallest absolute Gasteiger partial charge is 0.256 e. The van der Waals surface area contributed by atoms with Crippen molar-refractivity contribution in [2.24, 2.45) is 0 Å². The molecule has 5 rings (SSSR count). The summed E-state index contributed by atoms with van der Waals surface area (Å²) in [5, 5.41) is 5.80. The number of fused-ring (bicyclic) bond motifs is 1. The van der Waals surface area contributed by atoms with Crippen molar-refractivity contribution in [3.63, 3.8) is 0 Å². The van der Waals surface area contributed by atoms with Crippen LogP contribution in [0, 0.1) is 13.8 Å². The Balaban J connectivity index is 1.44. The zero-order chi connectivity index (χ0) is 30.7. The van der Waals surface area contributed by atoms with Crippen LogP contribution in [0.4, 0.5) is 5.69 Å². The molecule has 43 heavy (non-hydrogen) atoms. The van der Waals surface area contributed by atoms with E-state index < -0.39 is 9.84 Å². The lowest BCUT2D eigenvalue weighted by molar-refractivity contribution is -0.110. The quantitative estimate of drug-likeness (QED) is 0.211. The highest BCUT2D eigenvalue weighted by Gasteiger charge is 2.28. The van der Waals surface area contributed by atoms with Gasteiger partial charge < -0.3 is 20.5 Å². The van der Waals surface area contributed by atoms with E-state index in [2.05, 4.69) is 27.4 Å². The Kier molecular flexibility index (Phi) is 8.66. The summed E-state index contributed by atoms with van der Waals surface area (Å²) in [4.78, 5) is 31.5. The molecule has 3 aromatic carbocycles. The number of carbonyl (C=O) groups is 2. The molecule has 1 aliphatic rings. The molecule has 0 radical (unpaired) electrons. The largest absolute Gasteiger partial charge is 0.358 e. The number of sulfone groups is 1. The summed E-state index contributed by atoms with van der Waals surface area (Å²) in [6, 6.07) is 21.9. The fourth-order valence-corrected chi connectivity index (χ4v) is 6.75. The lowest BCUT2D eigenvalue weighted by Gasteiger charge is -2.14. The predicted octanol–water partition coefficient (Wildman–Crippen LogP) is 5.45. The first-order valence-electron chi connectivity index (χ1n) is 14.3. The number of rotatable bonds is 10. The molecular formula is C34H36N4O4S. The highest BCUT2D eigenvalue weighted by Crippen LogP contribution is 2.36. The van der Waals surface area contributed by atoms with Crippen LogP contribution in [0.1, 0.15) is 45.4 Å². The molecule has 0 spiro atoms. The molecular weight excluding hydrogens is 560 g/mol. The van der Waals surface area contributed by atoms with Crippen molar-refractivity contribution in [3.05, 3.63) is 106 Å². The van der Waals surface area contributed by atoms with Crippen molar-refractivity contribution in [1.29, 1.82) is 0 Å². The minimum atomic E-state index is -3.75. The van der Waals surface area contributed by atoms with Gasteiger partial charge in [0.1, 0.15) is 0 Å². The molecule has 4 aromatic rings. The SMILES string of the molecule is CCN(C)CCNC(=O)c1c(C)[nH]c(C=C2C(=O)Nc3ccc(S(=O)(=O)Cc4ccccc4-c4ccccc4)cc32)c1C. The maximum atomic E-state index is 13.7. The van der Waals surface area contributed by atoms with Gasteiger partial charge in [-0.2, -0.15) is 0 Å². The summed E-state index contributed by atoms with van der Waals surface area (Å²) >= 11 is 0. The van der Waals surface area contributed by atoms with Crippen LogP contribution in [0.3, 0.4) is 0 Å². The van der Waals surface area contributed by atoms with Crippen LogP contribution in [0.5, 0.6) is 0 Å². The Bertz CT molecular complexity index is 1820. The molecule has 8 nitrogen and oxygen atoms in total. The van der Waals surface area contributed by atoms with E-state index in [0.717, 1.165) is 24.2 Å². The van der Waals surface area contributed by atoms with Crippen molar-refractivity contribution in [2.75, 3.05) is 32.0 Å². The van der Waals surface area contributed by atoms with Crippen molar-refractivity contribution >= 4 is 39.0 Å². The molecule has 0 fully saturated rings. The zero-order valence-corrected chi connectivity index (χ0v) is 25.6. The number of aromatic nitrogens is 1. The fraction of sp³-hybridized carbons (Fsp3) is 0.235. The number of aryl methyl sites for hydroxylation is 1. The lowest BCUT2D eigenvalue weighted by Crippen LogP contribution is -2.33. The van der Waals surface area contributed by atoms with Gasteiger partial charge in [-0.1, -0.05) is 61.5 Å². The minimum absolute atomic E-state index is 0.132. The molecule has 0 saturated carbocycles. The molecule has 0 bridgehead atoms. The Labute approximate surface area is 252 Å². The number of hydrogen-bond donors (Lipinski definition) is 3. The number of likely N-dealkylation sites (N-methyl/N-ethyl adjacent to an activating group) is 1. The van der Waals surface area contributed by atoms with E-state index in [-0.39, 0.29) is 22.5 Å². The molecule has 1 aromatic heterocycles. The van der Waals surface area contributed by atoms with Gasteiger partial charge >= 0.3 is 0 Å². The summed E-state index contributed by atoms with van der Waals surface area (Å²) in [6.07, 6.45) is 1.69. The third-order valence-corrected chi connectivity index (χ3v) is 9.55. The number of nitrogens with zero attached hydrogens (tertiary/aromatic N) is 1. The average molecular weight is 597 g/mol.